The highest BCUT2D eigenvalue weighted by molar-refractivity contribution is 6.00. The molecule has 0 amide bonds. The number of hydrogen-bond acceptors (Lipinski definition) is 5. The number of carboxylic acids is 2. The van der Waals surface area contributed by atoms with Crippen LogP contribution < -0.4 is 9.47 Å². The van der Waals surface area contributed by atoms with Crippen LogP contribution in [0.3, 0.4) is 0 Å². The summed E-state index contributed by atoms with van der Waals surface area (Å²) in [6, 6.07) is 4.58. The van der Waals surface area contributed by atoms with E-state index in [4.69, 9.17) is 9.47 Å². The smallest absolute Gasteiger partial charge is 0.313 e. The van der Waals surface area contributed by atoms with Crippen LogP contribution in [0, 0.1) is 10.8 Å². The van der Waals surface area contributed by atoms with Crippen LogP contribution in [-0.2, 0) is 9.59 Å². The van der Waals surface area contributed by atoms with E-state index in [0.717, 1.165) is 0 Å². The monoisotopic (exact) mass is 362 g/mol. The van der Waals surface area contributed by atoms with Gasteiger partial charge in [0.15, 0.2) is 17.3 Å². The second-order valence-electron chi connectivity index (χ2n) is 6.78. The molecule has 1 aromatic rings. The van der Waals surface area contributed by atoms with Crippen molar-refractivity contribution < 1.29 is 34.1 Å². The van der Waals surface area contributed by atoms with Gasteiger partial charge in [0, 0.05) is 12.0 Å². The molecule has 0 spiro atoms. The third-order valence-electron chi connectivity index (χ3n) is 4.83. The number of Topliss-reactive ketones (excluding diaryl/α,β-unsaturated/α-hetero) is 1. The van der Waals surface area contributed by atoms with Gasteiger partial charge >= 0.3 is 11.9 Å². The van der Waals surface area contributed by atoms with Crippen molar-refractivity contribution in [3.8, 4) is 11.5 Å². The summed E-state index contributed by atoms with van der Waals surface area (Å²) in [5.74, 6) is -1.89. The van der Waals surface area contributed by atoms with Crippen LogP contribution >= 0.6 is 0 Å². The molecule has 1 aromatic carbocycles. The summed E-state index contributed by atoms with van der Waals surface area (Å²) in [4.78, 5) is 36.2. The van der Waals surface area contributed by atoms with Crippen LogP contribution in [-0.4, -0.2) is 42.2 Å². The van der Waals surface area contributed by atoms with Crippen molar-refractivity contribution in [1.82, 2.24) is 0 Å². The number of ether oxygens (including phenoxy) is 2. The molecule has 26 heavy (non-hydrogen) atoms. The molecule has 2 N–H and O–H groups in total. The van der Waals surface area contributed by atoms with E-state index in [1.165, 1.54) is 45.4 Å². The number of ketones is 1. The van der Waals surface area contributed by atoms with Crippen molar-refractivity contribution in [3.05, 3.63) is 35.9 Å². The first-order valence-corrected chi connectivity index (χ1v) is 8.07. The zero-order valence-electron chi connectivity index (χ0n) is 14.9. The van der Waals surface area contributed by atoms with Gasteiger partial charge in [-0.3, -0.25) is 14.4 Å². The van der Waals surface area contributed by atoms with E-state index in [2.05, 4.69) is 0 Å². The maximum Gasteiger partial charge on any atom is 0.313 e. The molecule has 7 heteroatoms. The normalized spacial score (nSPS) is 24.7. The number of rotatable bonds is 7. The number of carboxylic acid groups (broad SMARTS) is 2. The Morgan fingerprint density at radius 3 is 2.27 bits per heavy atom. The maximum absolute atomic E-state index is 12.7. The molecule has 0 aliphatic heterocycles. The first-order valence-electron chi connectivity index (χ1n) is 8.07. The van der Waals surface area contributed by atoms with Gasteiger partial charge in [0.2, 0.25) is 0 Å². The standard InChI is InChI=1S/C19H22O7/c1-18(16(21)22)7-4-8-19(11-18,17(23)24)10-13(20)12-5-6-14(25-2)15(9-12)26-3/h4-6,8-9H,7,10-11H2,1-3H3,(H,21,22)(H,23,24). The van der Waals surface area contributed by atoms with Crippen molar-refractivity contribution in [2.75, 3.05) is 14.2 Å². The summed E-state index contributed by atoms with van der Waals surface area (Å²) in [5.41, 5.74) is -2.51. The molecule has 0 heterocycles. The molecule has 1 aliphatic rings. The molecule has 0 radical (unpaired) electrons. The predicted molar refractivity (Wildman–Crippen MR) is 92.7 cm³/mol. The van der Waals surface area contributed by atoms with E-state index < -0.39 is 28.6 Å². The SMILES string of the molecule is COc1ccc(C(=O)CC2(C(=O)O)C=CCC(C)(C(=O)O)C2)cc1OC. The van der Waals surface area contributed by atoms with Gasteiger partial charge in [-0.2, -0.15) is 0 Å². The third-order valence-corrected chi connectivity index (χ3v) is 4.83. The molecule has 0 saturated carbocycles. The van der Waals surface area contributed by atoms with Crippen LogP contribution in [0.25, 0.3) is 0 Å². The molecule has 7 nitrogen and oxygen atoms in total. The Morgan fingerprint density at radius 2 is 1.73 bits per heavy atom. The van der Waals surface area contributed by atoms with Crippen LogP contribution in [0.4, 0.5) is 0 Å². The van der Waals surface area contributed by atoms with Gasteiger partial charge in [-0.15, -0.1) is 0 Å². The van der Waals surface area contributed by atoms with Crippen molar-refractivity contribution in [3.63, 3.8) is 0 Å². The number of benzene rings is 1. The number of allylic oxidation sites excluding steroid dienone is 1. The fourth-order valence-electron chi connectivity index (χ4n) is 3.28. The Kier molecular flexibility index (Phi) is 5.39. The Morgan fingerprint density at radius 1 is 1.08 bits per heavy atom. The quantitative estimate of drug-likeness (QED) is 0.567. The molecule has 0 fully saturated rings. The van der Waals surface area contributed by atoms with Crippen LogP contribution in [0.5, 0.6) is 11.5 Å². The minimum absolute atomic E-state index is 0.153. The van der Waals surface area contributed by atoms with Crippen molar-refractivity contribution in [2.45, 2.75) is 26.2 Å². The topological polar surface area (TPSA) is 110 Å². The highest BCUT2D eigenvalue weighted by Gasteiger charge is 2.49. The summed E-state index contributed by atoms with van der Waals surface area (Å²) >= 11 is 0. The molecule has 0 aromatic heterocycles. The third kappa shape index (κ3) is 3.56. The lowest BCUT2D eigenvalue weighted by atomic mass is 9.64. The van der Waals surface area contributed by atoms with E-state index in [0.29, 0.717) is 11.5 Å². The predicted octanol–water partition coefficient (Wildman–Crippen LogP) is 2.79. The number of carbonyl (C=O) groups excluding carboxylic acids is 1. The number of aliphatic carboxylic acids is 2. The fourth-order valence-corrected chi connectivity index (χ4v) is 3.28. The van der Waals surface area contributed by atoms with Crippen LogP contribution in [0.15, 0.2) is 30.4 Å². The molecule has 2 atom stereocenters. The second-order valence-corrected chi connectivity index (χ2v) is 6.78. The van der Waals surface area contributed by atoms with E-state index in [1.54, 1.807) is 6.07 Å². The highest BCUT2D eigenvalue weighted by Crippen LogP contribution is 2.45. The summed E-state index contributed by atoms with van der Waals surface area (Å²) < 4.78 is 10.3. The molecule has 0 bridgehead atoms. The van der Waals surface area contributed by atoms with Crippen LogP contribution in [0.2, 0.25) is 0 Å². The number of carbonyl (C=O) groups is 3. The Bertz CT molecular complexity index is 767. The second kappa shape index (κ2) is 7.19. The summed E-state index contributed by atoms with van der Waals surface area (Å²) in [6.45, 7) is 1.50. The molecule has 140 valence electrons. The van der Waals surface area contributed by atoms with Gasteiger partial charge in [0.05, 0.1) is 25.0 Å². The number of hydrogen-bond donors (Lipinski definition) is 2. The largest absolute Gasteiger partial charge is 0.493 e. The highest BCUT2D eigenvalue weighted by atomic mass is 16.5. The minimum Gasteiger partial charge on any atom is -0.493 e. The lowest BCUT2D eigenvalue weighted by molar-refractivity contribution is -0.155. The Hall–Kier alpha value is -2.83. The van der Waals surface area contributed by atoms with Crippen molar-refractivity contribution in [2.24, 2.45) is 10.8 Å². The molecule has 2 unspecified atom stereocenters. The van der Waals surface area contributed by atoms with E-state index in [1.807, 2.05) is 0 Å². The lowest BCUT2D eigenvalue weighted by Gasteiger charge is -2.37. The zero-order valence-corrected chi connectivity index (χ0v) is 14.9. The van der Waals surface area contributed by atoms with Gasteiger partial charge in [0.1, 0.15) is 0 Å². The lowest BCUT2D eigenvalue weighted by Crippen LogP contribution is -2.42. The maximum atomic E-state index is 12.7. The number of methoxy groups -OCH3 is 2. The Balaban J connectivity index is 2.35. The molecular formula is C19H22O7. The van der Waals surface area contributed by atoms with E-state index >= 15 is 0 Å². The first kappa shape index (κ1) is 19.5. The Labute approximate surface area is 151 Å². The summed E-state index contributed by atoms with van der Waals surface area (Å²) in [5, 5.41) is 19.2. The molecule has 1 aliphatic carbocycles. The van der Waals surface area contributed by atoms with Gasteiger partial charge in [-0.25, -0.2) is 0 Å². The summed E-state index contributed by atoms with van der Waals surface area (Å²) in [7, 11) is 2.91. The molecule has 2 rings (SSSR count). The van der Waals surface area contributed by atoms with Gasteiger partial charge in [-0.05, 0) is 38.0 Å². The summed E-state index contributed by atoms with van der Waals surface area (Å²) in [6.07, 6.45) is 2.71. The van der Waals surface area contributed by atoms with Crippen LogP contribution in [0.1, 0.15) is 36.5 Å². The van der Waals surface area contributed by atoms with E-state index in [9.17, 15) is 24.6 Å². The fraction of sp³-hybridized carbons (Fsp3) is 0.421. The van der Waals surface area contributed by atoms with Crippen molar-refractivity contribution in [1.29, 1.82) is 0 Å². The minimum atomic E-state index is -1.56. The van der Waals surface area contributed by atoms with Gasteiger partial charge in [0.25, 0.3) is 0 Å². The van der Waals surface area contributed by atoms with E-state index in [-0.39, 0.29) is 24.8 Å². The average molecular weight is 362 g/mol. The average Bonchev–Trinajstić information content (AvgIpc) is 2.60. The zero-order chi connectivity index (χ0) is 19.5. The van der Waals surface area contributed by atoms with Gasteiger partial charge in [-0.1, -0.05) is 12.2 Å². The van der Waals surface area contributed by atoms with Crippen molar-refractivity contribution >= 4 is 17.7 Å². The first-order chi connectivity index (χ1) is 12.2. The van der Waals surface area contributed by atoms with Gasteiger partial charge < -0.3 is 19.7 Å². The molecule has 0 saturated heterocycles. The molecular weight excluding hydrogens is 340 g/mol.